The quantitative estimate of drug-likeness (QED) is 0.266. The van der Waals surface area contributed by atoms with E-state index in [9.17, 15) is 31.4 Å². The standard InChI is InChI=1S/C29H27F6NO2/c30-28(31,32)23-15-21(16-24(17-23)29(33,34)35)19-38-27(37)14-12-25-11-13-26(27,22-9-5-2-6-10-22)36(25)18-20-7-3-1-4-8-20/h1-10,15-17,25,37H,11-14,18-19H2/t25-,26+,27+/m0/s1. The van der Waals surface area contributed by atoms with Crippen LogP contribution in [0.4, 0.5) is 26.3 Å². The maximum absolute atomic E-state index is 13.4. The number of hydrogen-bond acceptors (Lipinski definition) is 3. The molecule has 2 aliphatic heterocycles. The van der Waals surface area contributed by atoms with Gasteiger partial charge in [-0.25, -0.2) is 0 Å². The van der Waals surface area contributed by atoms with E-state index in [1.54, 1.807) is 0 Å². The molecule has 2 bridgehead atoms. The molecule has 1 N–H and O–H groups in total. The highest BCUT2D eigenvalue weighted by atomic mass is 19.4. The van der Waals surface area contributed by atoms with Crippen molar-refractivity contribution < 1.29 is 36.2 Å². The van der Waals surface area contributed by atoms with Gasteiger partial charge >= 0.3 is 12.4 Å². The van der Waals surface area contributed by atoms with Crippen LogP contribution in [0.5, 0.6) is 0 Å². The van der Waals surface area contributed by atoms with Crippen LogP contribution >= 0.6 is 0 Å². The molecule has 3 aromatic carbocycles. The Labute approximate surface area is 216 Å². The van der Waals surface area contributed by atoms with Crippen LogP contribution in [-0.4, -0.2) is 21.8 Å². The second-order valence-corrected chi connectivity index (χ2v) is 10.1. The number of fused-ring (bicyclic) bond motifs is 2. The minimum Gasteiger partial charge on any atom is -0.364 e. The minimum atomic E-state index is -4.96. The van der Waals surface area contributed by atoms with Gasteiger partial charge in [-0.2, -0.15) is 26.3 Å². The molecule has 3 nitrogen and oxygen atoms in total. The van der Waals surface area contributed by atoms with Crippen molar-refractivity contribution >= 4 is 0 Å². The van der Waals surface area contributed by atoms with E-state index in [0.717, 1.165) is 17.5 Å². The minimum absolute atomic E-state index is 0.0907. The largest absolute Gasteiger partial charge is 0.416 e. The van der Waals surface area contributed by atoms with Gasteiger partial charge in [-0.1, -0.05) is 60.7 Å². The summed E-state index contributed by atoms with van der Waals surface area (Å²) in [6.45, 7) is -0.101. The Morgan fingerprint density at radius 3 is 1.89 bits per heavy atom. The molecule has 0 spiro atoms. The van der Waals surface area contributed by atoms with Crippen LogP contribution in [0.2, 0.25) is 0 Å². The molecule has 2 heterocycles. The molecule has 2 aliphatic rings. The normalized spacial score (nSPS) is 26.0. The number of nitrogens with zero attached hydrogens (tertiary/aromatic N) is 1. The average Bonchev–Trinajstić information content (AvgIpc) is 3.17. The van der Waals surface area contributed by atoms with E-state index in [-0.39, 0.29) is 24.1 Å². The summed E-state index contributed by atoms with van der Waals surface area (Å²) in [6, 6.07) is 20.5. The summed E-state index contributed by atoms with van der Waals surface area (Å²) in [7, 11) is 0. The van der Waals surface area contributed by atoms with Gasteiger partial charge in [0.15, 0.2) is 5.79 Å². The van der Waals surface area contributed by atoms with Gasteiger partial charge in [0, 0.05) is 19.0 Å². The Bertz CT molecular complexity index is 1230. The van der Waals surface area contributed by atoms with Crippen molar-refractivity contribution in [3.05, 3.63) is 107 Å². The van der Waals surface area contributed by atoms with E-state index in [4.69, 9.17) is 4.74 Å². The van der Waals surface area contributed by atoms with E-state index in [0.29, 0.717) is 31.5 Å². The Morgan fingerprint density at radius 2 is 1.32 bits per heavy atom. The SMILES string of the molecule is O[C@@]1(OCc2cc(C(F)(F)F)cc(C(F)(F)F)c2)CC[C@@H]2CC[C@]1(c1ccccc1)N2Cc1ccccc1. The number of alkyl halides is 6. The summed E-state index contributed by atoms with van der Waals surface area (Å²) in [5.74, 6) is -1.84. The Kier molecular flexibility index (Phi) is 6.82. The predicted molar refractivity (Wildman–Crippen MR) is 129 cm³/mol. The second-order valence-electron chi connectivity index (χ2n) is 10.1. The number of hydrogen-bond donors (Lipinski definition) is 1. The van der Waals surface area contributed by atoms with Crippen molar-refractivity contribution in [3.63, 3.8) is 0 Å². The van der Waals surface area contributed by atoms with E-state index in [1.807, 2.05) is 60.7 Å². The Morgan fingerprint density at radius 1 is 0.763 bits per heavy atom. The first-order chi connectivity index (χ1) is 17.9. The lowest BCUT2D eigenvalue weighted by atomic mass is 9.75. The zero-order chi connectivity index (χ0) is 27.2. The third-order valence-electron chi connectivity index (χ3n) is 7.81. The first kappa shape index (κ1) is 26.7. The average molecular weight is 536 g/mol. The number of benzene rings is 3. The van der Waals surface area contributed by atoms with E-state index < -0.39 is 41.4 Å². The molecule has 5 rings (SSSR count). The molecule has 2 saturated heterocycles. The number of rotatable bonds is 6. The molecule has 38 heavy (non-hydrogen) atoms. The summed E-state index contributed by atoms with van der Waals surface area (Å²) in [5.41, 5.74) is -2.34. The van der Waals surface area contributed by atoms with Crippen LogP contribution in [0.15, 0.2) is 78.9 Å². The van der Waals surface area contributed by atoms with Crippen molar-refractivity contribution in [2.45, 2.75) is 68.6 Å². The van der Waals surface area contributed by atoms with Gasteiger partial charge in [0.2, 0.25) is 0 Å². The third-order valence-corrected chi connectivity index (χ3v) is 7.81. The van der Waals surface area contributed by atoms with Crippen LogP contribution in [0, 0.1) is 0 Å². The highest BCUT2D eigenvalue weighted by Gasteiger charge is 2.63. The molecule has 3 atom stereocenters. The maximum atomic E-state index is 13.4. The fraction of sp³-hybridized carbons (Fsp3) is 0.379. The highest BCUT2D eigenvalue weighted by Crippen LogP contribution is 2.57. The zero-order valence-corrected chi connectivity index (χ0v) is 20.4. The zero-order valence-electron chi connectivity index (χ0n) is 20.4. The van der Waals surface area contributed by atoms with E-state index >= 15 is 0 Å². The summed E-state index contributed by atoms with van der Waals surface area (Å²) in [6.07, 6.45) is -7.85. The molecular formula is C29H27F6NO2. The lowest BCUT2D eigenvalue weighted by Crippen LogP contribution is -2.64. The Balaban J connectivity index is 1.53. The fourth-order valence-corrected chi connectivity index (χ4v) is 6.07. The van der Waals surface area contributed by atoms with Crippen LogP contribution < -0.4 is 0 Å². The third kappa shape index (κ3) is 4.83. The van der Waals surface area contributed by atoms with Crippen molar-refractivity contribution in [3.8, 4) is 0 Å². The molecular weight excluding hydrogens is 508 g/mol. The summed E-state index contributed by atoms with van der Waals surface area (Å²) in [5, 5.41) is 12.1. The van der Waals surface area contributed by atoms with Gasteiger partial charge in [0.05, 0.1) is 17.7 Å². The van der Waals surface area contributed by atoms with Crippen LogP contribution in [0.25, 0.3) is 0 Å². The topological polar surface area (TPSA) is 32.7 Å². The molecule has 0 unspecified atom stereocenters. The summed E-state index contributed by atoms with van der Waals surface area (Å²) < 4.78 is 86.5. The number of aliphatic hydroxyl groups is 1. The van der Waals surface area contributed by atoms with Gasteiger partial charge in [-0.15, -0.1) is 0 Å². The van der Waals surface area contributed by atoms with Crippen molar-refractivity contribution in [2.24, 2.45) is 0 Å². The molecule has 0 amide bonds. The van der Waals surface area contributed by atoms with Gasteiger partial charge in [0.1, 0.15) is 5.54 Å². The second kappa shape index (κ2) is 9.70. The van der Waals surface area contributed by atoms with Crippen LogP contribution in [-0.2, 0) is 35.8 Å². The smallest absolute Gasteiger partial charge is 0.364 e. The van der Waals surface area contributed by atoms with E-state index in [2.05, 4.69) is 4.90 Å². The molecule has 0 saturated carbocycles. The monoisotopic (exact) mass is 535 g/mol. The van der Waals surface area contributed by atoms with Gasteiger partial charge in [-0.05, 0) is 54.2 Å². The molecule has 3 aromatic rings. The first-order valence-corrected chi connectivity index (χ1v) is 12.4. The van der Waals surface area contributed by atoms with E-state index in [1.165, 1.54) is 0 Å². The van der Waals surface area contributed by atoms with Crippen molar-refractivity contribution in [1.82, 2.24) is 4.90 Å². The number of piperidine rings is 1. The van der Waals surface area contributed by atoms with Crippen molar-refractivity contribution in [2.75, 3.05) is 0 Å². The molecule has 2 fully saturated rings. The number of halogens is 6. The van der Waals surface area contributed by atoms with Crippen LogP contribution in [0.3, 0.4) is 0 Å². The summed E-state index contributed by atoms with van der Waals surface area (Å²) in [4.78, 5) is 2.19. The predicted octanol–water partition coefficient (Wildman–Crippen LogP) is 7.28. The highest BCUT2D eigenvalue weighted by molar-refractivity contribution is 5.35. The van der Waals surface area contributed by atoms with Crippen LogP contribution in [0.1, 0.15) is 53.5 Å². The maximum Gasteiger partial charge on any atom is 0.416 e. The summed E-state index contributed by atoms with van der Waals surface area (Å²) >= 11 is 0. The molecule has 0 aliphatic carbocycles. The molecule has 9 heteroatoms. The van der Waals surface area contributed by atoms with Gasteiger partial charge in [-0.3, -0.25) is 4.90 Å². The fourth-order valence-electron chi connectivity index (χ4n) is 6.07. The molecule has 202 valence electrons. The molecule has 0 radical (unpaired) electrons. The first-order valence-electron chi connectivity index (χ1n) is 12.4. The van der Waals surface area contributed by atoms with Gasteiger partial charge in [0.25, 0.3) is 0 Å². The molecule has 0 aromatic heterocycles. The lowest BCUT2D eigenvalue weighted by Gasteiger charge is -2.54. The number of ether oxygens (including phenoxy) is 1. The lowest BCUT2D eigenvalue weighted by molar-refractivity contribution is -0.304. The van der Waals surface area contributed by atoms with Crippen molar-refractivity contribution in [1.29, 1.82) is 0 Å². The Hall–Kier alpha value is -2.88. The van der Waals surface area contributed by atoms with Gasteiger partial charge < -0.3 is 9.84 Å².